The van der Waals surface area contributed by atoms with Gasteiger partial charge in [0.2, 0.25) is 0 Å². The van der Waals surface area contributed by atoms with Gasteiger partial charge in [-0.05, 0) is 53.9 Å². The van der Waals surface area contributed by atoms with Crippen molar-refractivity contribution in [2.24, 2.45) is 11.3 Å². The van der Waals surface area contributed by atoms with Gasteiger partial charge in [-0.2, -0.15) is 0 Å². The molecule has 1 atom stereocenters. The van der Waals surface area contributed by atoms with E-state index in [9.17, 15) is 9.59 Å². The SMILES string of the molecule is CCCCCCCCCCCCCCCCCCCCCCOC(=O)C(CC)CC(C)(C)C(=O)OCCNC(C)(C)C. The third-order valence-corrected chi connectivity index (χ3v) is 8.37. The molecular weight excluding hydrogens is 522 g/mol. The molecule has 1 N–H and O–H groups in total. The van der Waals surface area contributed by atoms with Gasteiger partial charge in [-0.3, -0.25) is 9.59 Å². The van der Waals surface area contributed by atoms with Crippen molar-refractivity contribution in [3.8, 4) is 0 Å². The molecule has 0 aliphatic carbocycles. The van der Waals surface area contributed by atoms with Crippen LogP contribution in [-0.4, -0.2) is 37.2 Å². The Morgan fingerprint density at radius 2 is 0.976 bits per heavy atom. The normalized spacial score (nSPS) is 12.8. The highest BCUT2D eigenvalue weighted by Crippen LogP contribution is 2.29. The molecule has 0 heterocycles. The fourth-order valence-electron chi connectivity index (χ4n) is 5.51. The topological polar surface area (TPSA) is 64.6 Å². The Kier molecular flexibility index (Phi) is 25.6. The van der Waals surface area contributed by atoms with Crippen molar-refractivity contribution < 1.29 is 19.1 Å². The average molecular weight is 596 g/mol. The van der Waals surface area contributed by atoms with Crippen molar-refractivity contribution in [2.75, 3.05) is 19.8 Å². The van der Waals surface area contributed by atoms with Crippen molar-refractivity contribution in [1.29, 1.82) is 0 Å². The summed E-state index contributed by atoms with van der Waals surface area (Å²) < 4.78 is 11.1. The van der Waals surface area contributed by atoms with E-state index in [1.807, 2.05) is 20.8 Å². The molecule has 0 bridgehead atoms. The zero-order valence-electron chi connectivity index (χ0n) is 29.4. The Morgan fingerprint density at radius 3 is 1.36 bits per heavy atom. The van der Waals surface area contributed by atoms with Gasteiger partial charge >= 0.3 is 11.9 Å². The molecule has 1 unspecified atom stereocenters. The predicted octanol–water partition coefficient (Wildman–Crippen LogP) is 10.7. The number of esters is 2. The molecule has 0 aliphatic rings. The van der Waals surface area contributed by atoms with E-state index < -0.39 is 5.41 Å². The van der Waals surface area contributed by atoms with E-state index >= 15 is 0 Å². The van der Waals surface area contributed by atoms with Crippen LogP contribution in [-0.2, 0) is 19.1 Å². The second-order valence-corrected chi connectivity index (χ2v) is 14.4. The molecule has 0 radical (unpaired) electrons. The summed E-state index contributed by atoms with van der Waals surface area (Å²) in [7, 11) is 0. The summed E-state index contributed by atoms with van der Waals surface area (Å²) in [5.41, 5.74) is -0.723. The number of rotatable bonds is 29. The van der Waals surface area contributed by atoms with Crippen LogP contribution >= 0.6 is 0 Å². The molecule has 0 aromatic rings. The van der Waals surface area contributed by atoms with Crippen molar-refractivity contribution in [3.05, 3.63) is 0 Å². The van der Waals surface area contributed by atoms with Crippen molar-refractivity contribution in [2.45, 2.75) is 195 Å². The monoisotopic (exact) mass is 596 g/mol. The average Bonchev–Trinajstić information content (AvgIpc) is 2.94. The number of carbonyl (C=O) groups is 2. The van der Waals surface area contributed by atoms with Crippen LogP contribution < -0.4 is 5.32 Å². The summed E-state index contributed by atoms with van der Waals surface area (Å²) in [5.74, 6) is -0.700. The van der Waals surface area contributed by atoms with Crippen LogP contribution in [0.3, 0.4) is 0 Å². The molecule has 0 saturated carbocycles. The molecule has 0 saturated heterocycles. The zero-order chi connectivity index (χ0) is 31.5. The lowest BCUT2D eigenvalue weighted by atomic mass is 9.81. The Labute approximate surface area is 262 Å². The van der Waals surface area contributed by atoms with Crippen LogP contribution in [0.15, 0.2) is 0 Å². The highest BCUT2D eigenvalue weighted by Gasteiger charge is 2.35. The van der Waals surface area contributed by atoms with Crippen LogP contribution in [0.25, 0.3) is 0 Å². The minimum atomic E-state index is -0.714. The van der Waals surface area contributed by atoms with Gasteiger partial charge < -0.3 is 14.8 Å². The first-order valence-corrected chi connectivity index (χ1v) is 18.1. The molecule has 0 aliphatic heterocycles. The number of carbonyl (C=O) groups excluding carboxylic acids is 2. The van der Waals surface area contributed by atoms with Crippen molar-refractivity contribution >= 4 is 11.9 Å². The van der Waals surface area contributed by atoms with Crippen LogP contribution in [0, 0.1) is 11.3 Å². The maximum atomic E-state index is 12.7. The minimum absolute atomic E-state index is 0.00940. The minimum Gasteiger partial charge on any atom is -0.465 e. The largest absolute Gasteiger partial charge is 0.465 e. The van der Waals surface area contributed by atoms with Crippen LogP contribution in [0.5, 0.6) is 0 Å². The van der Waals surface area contributed by atoms with Gasteiger partial charge in [0.15, 0.2) is 0 Å². The molecule has 42 heavy (non-hydrogen) atoms. The van der Waals surface area contributed by atoms with Gasteiger partial charge in [-0.25, -0.2) is 0 Å². The molecule has 5 nitrogen and oxygen atoms in total. The van der Waals surface area contributed by atoms with Crippen LogP contribution in [0.2, 0.25) is 0 Å². The van der Waals surface area contributed by atoms with Crippen LogP contribution in [0.4, 0.5) is 0 Å². The fourth-order valence-corrected chi connectivity index (χ4v) is 5.51. The predicted molar refractivity (Wildman–Crippen MR) is 180 cm³/mol. The van der Waals surface area contributed by atoms with Gasteiger partial charge in [0.05, 0.1) is 17.9 Å². The van der Waals surface area contributed by atoms with E-state index in [1.165, 1.54) is 116 Å². The number of hydrogen-bond donors (Lipinski definition) is 1. The number of nitrogens with one attached hydrogen (secondary N) is 1. The third-order valence-electron chi connectivity index (χ3n) is 8.37. The maximum absolute atomic E-state index is 12.7. The van der Waals surface area contributed by atoms with E-state index in [4.69, 9.17) is 9.47 Å². The molecule has 0 rings (SSSR count). The van der Waals surface area contributed by atoms with E-state index in [0.29, 0.717) is 32.6 Å². The summed E-state index contributed by atoms with van der Waals surface area (Å²) in [6.07, 6.45) is 28.2. The van der Waals surface area contributed by atoms with Crippen molar-refractivity contribution in [3.63, 3.8) is 0 Å². The molecule has 0 aromatic heterocycles. The quantitative estimate of drug-likeness (QED) is 0.0688. The molecule has 250 valence electrons. The molecule has 0 amide bonds. The Bertz CT molecular complexity index is 640. The number of ether oxygens (including phenoxy) is 2. The Balaban J connectivity index is 3.68. The summed E-state index contributed by atoms with van der Waals surface area (Å²) in [6, 6.07) is 0. The smallest absolute Gasteiger partial charge is 0.311 e. The van der Waals surface area contributed by atoms with Gasteiger partial charge in [0.25, 0.3) is 0 Å². The van der Waals surface area contributed by atoms with Gasteiger partial charge in [-0.1, -0.05) is 136 Å². The van der Waals surface area contributed by atoms with Gasteiger partial charge in [0.1, 0.15) is 6.61 Å². The lowest BCUT2D eigenvalue weighted by Gasteiger charge is -2.27. The second kappa shape index (κ2) is 26.3. The standard InChI is InChI=1S/C37H73NO4/c1-8-10-11-12-13-14-15-16-17-18-19-20-21-22-23-24-25-26-27-28-30-41-34(39)33(9-2)32-37(6,7)35(40)42-31-29-38-36(3,4)5/h33,38H,8-32H2,1-7H3. The first kappa shape index (κ1) is 40.9. The molecule has 5 heteroatoms. The number of unbranched alkanes of at least 4 members (excludes halogenated alkanes) is 19. The summed E-state index contributed by atoms with van der Waals surface area (Å²) in [4.78, 5) is 25.3. The van der Waals surface area contributed by atoms with Gasteiger partial charge in [-0.15, -0.1) is 0 Å². The lowest BCUT2D eigenvalue weighted by molar-refractivity contribution is -0.157. The highest BCUT2D eigenvalue weighted by molar-refractivity contribution is 5.78. The Morgan fingerprint density at radius 1 is 0.571 bits per heavy atom. The first-order chi connectivity index (χ1) is 20.0. The maximum Gasteiger partial charge on any atom is 0.311 e. The first-order valence-electron chi connectivity index (χ1n) is 18.1. The van der Waals surface area contributed by atoms with Crippen molar-refractivity contribution in [1.82, 2.24) is 5.32 Å². The van der Waals surface area contributed by atoms with E-state index in [2.05, 4.69) is 33.0 Å². The fraction of sp³-hybridized carbons (Fsp3) is 0.946. The third kappa shape index (κ3) is 25.4. The van der Waals surface area contributed by atoms with E-state index in [-0.39, 0.29) is 23.4 Å². The highest BCUT2D eigenvalue weighted by atomic mass is 16.5. The van der Waals surface area contributed by atoms with E-state index in [0.717, 1.165) is 12.8 Å². The van der Waals surface area contributed by atoms with Gasteiger partial charge in [0, 0.05) is 12.1 Å². The summed E-state index contributed by atoms with van der Waals surface area (Å²) in [6.45, 7) is 15.7. The number of hydrogen-bond acceptors (Lipinski definition) is 5. The summed E-state index contributed by atoms with van der Waals surface area (Å²) in [5, 5.41) is 3.32. The lowest BCUT2D eigenvalue weighted by Crippen LogP contribution is -2.39. The second-order valence-electron chi connectivity index (χ2n) is 14.4. The molecule has 0 fully saturated rings. The molecular formula is C37H73NO4. The van der Waals surface area contributed by atoms with Crippen LogP contribution in [0.1, 0.15) is 190 Å². The Hall–Kier alpha value is -1.10. The summed E-state index contributed by atoms with van der Waals surface area (Å²) >= 11 is 0. The molecule has 0 aromatic carbocycles. The van der Waals surface area contributed by atoms with E-state index in [1.54, 1.807) is 0 Å². The zero-order valence-corrected chi connectivity index (χ0v) is 29.4. The molecule has 0 spiro atoms.